The molecule has 0 heterocycles. The minimum absolute atomic E-state index is 0.127. The summed E-state index contributed by atoms with van der Waals surface area (Å²) in [7, 11) is 0. The van der Waals surface area contributed by atoms with Gasteiger partial charge in [0.15, 0.2) is 0 Å². The summed E-state index contributed by atoms with van der Waals surface area (Å²) in [5.74, 6) is 3.44. The Labute approximate surface area is 135 Å². The van der Waals surface area contributed by atoms with Crippen LogP contribution in [0.25, 0.3) is 0 Å². The van der Waals surface area contributed by atoms with Gasteiger partial charge < -0.3 is 5.11 Å². The summed E-state index contributed by atoms with van der Waals surface area (Å²) in [5, 5.41) is 10.9. The fraction of sp³-hybridized carbons (Fsp3) is 0.950. The lowest BCUT2D eigenvalue weighted by molar-refractivity contribution is -0.152. The molecule has 2 heteroatoms. The normalized spacial score (nSPS) is 57.9. The van der Waals surface area contributed by atoms with Crippen LogP contribution in [0.2, 0.25) is 0 Å². The standard InChI is InChI=1S/C20H32O2/c1-18-9-6-14(21)12-13(18)4-5-15-16(18)7-10-19(2)17(15)8-11-20(19,3)22/h13,15-17,22H,4-12H2,1-3H3/t13-,15?,16?,17?,18+,19+,20+/m1/s1. The third kappa shape index (κ3) is 1.79. The van der Waals surface area contributed by atoms with Crippen molar-refractivity contribution in [2.45, 2.75) is 84.2 Å². The van der Waals surface area contributed by atoms with Gasteiger partial charge in [-0.1, -0.05) is 13.8 Å². The van der Waals surface area contributed by atoms with Crippen LogP contribution < -0.4 is 0 Å². The quantitative estimate of drug-likeness (QED) is 0.722. The predicted octanol–water partition coefficient (Wildman–Crippen LogP) is 4.35. The largest absolute Gasteiger partial charge is 0.390 e. The van der Waals surface area contributed by atoms with Crippen molar-refractivity contribution in [1.82, 2.24) is 0 Å². The summed E-state index contributed by atoms with van der Waals surface area (Å²) in [6.45, 7) is 6.94. The number of hydrogen-bond donors (Lipinski definition) is 1. The third-order valence-corrected chi connectivity index (χ3v) is 9.04. The second kappa shape index (κ2) is 4.59. The van der Waals surface area contributed by atoms with E-state index >= 15 is 0 Å². The zero-order chi connectivity index (χ0) is 15.8. The summed E-state index contributed by atoms with van der Waals surface area (Å²) < 4.78 is 0. The van der Waals surface area contributed by atoms with Crippen molar-refractivity contribution in [3.8, 4) is 0 Å². The van der Waals surface area contributed by atoms with Gasteiger partial charge in [-0.05, 0) is 86.4 Å². The van der Waals surface area contributed by atoms with Gasteiger partial charge in [0.2, 0.25) is 0 Å². The van der Waals surface area contributed by atoms with Gasteiger partial charge in [-0.3, -0.25) is 4.79 Å². The molecular weight excluding hydrogens is 272 g/mol. The van der Waals surface area contributed by atoms with Crippen LogP contribution in [0.4, 0.5) is 0 Å². The van der Waals surface area contributed by atoms with E-state index in [1.165, 1.54) is 32.1 Å². The highest BCUT2D eigenvalue weighted by Gasteiger charge is 2.63. The maximum atomic E-state index is 11.9. The van der Waals surface area contributed by atoms with Gasteiger partial charge in [0, 0.05) is 12.8 Å². The number of rotatable bonds is 0. The minimum atomic E-state index is -0.469. The number of ketones is 1. The second-order valence-electron chi connectivity index (χ2n) is 9.67. The molecule has 2 nitrogen and oxygen atoms in total. The molecule has 4 aliphatic rings. The van der Waals surface area contributed by atoms with Crippen molar-refractivity contribution in [3.63, 3.8) is 0 Å². The Hall–Kier alpha value is -0.370. The van der Waals surface area contributed by atoms with E-state index in [4.69, 9.17) is 0 Å². The van der Waals surface area contributed by atoms with Crippen LogP contribution in [0.5, 0.6) is 0 Å². The molecule has 4 rings (SSSR count). The van der Waals surface area contributed by atoms with Gasteiger partial charge in [0.1, 0.15) is 5.78 Å². The molecule has 0 amide bonds. The van der Waals surface area contributed by atoms with E-state index in [9.17, 15) is 9.90 Å². The SMILES string of the molecule is C[C@]1(O)CCC2C3CC[C@@H]4CC(=O)CC[C@]4(C)C3CC[C@@]21C. The fourth-order valence-corrected chi connectivity index (χ4v) is 7.29. The monoisotopic (exact) mass is 304 g/mol. The van der Waals surface area contributed by atoms with Crippen LogP contribution in [-0.4, -0.2) is 16.5 Å². The van der Waals surface area contributed by atoms with Crippen molar-refractivity contribution in [2.75, 3.05) is 0 Å². The summed E-state index contributed by atoms with van der Waals surface area (Å²) in [4.78, 5) is 11.9. The van der Waals surface area contributed by atoms with Crippen LogP contribution >= 0.6 is 0 Å². The fourth-order valence-electron chi connectivity index (χ4n) is 7.29. The lowest BCUT2D eigenvalue weighted by Crippen LogP contribution is -2.55. The maximum absolute atomic E-state index is 11.9. The van der Waals surface area contributed by atoms with Crippen LogP contribution in [0.3, 0.4) is 0 Å². The van der Waals surface area contributed by atoms with Crippen LogP contribution in [0.15, 0.2) is 0 Å². The van der Waals surface area contributed by atoms with Crippen molar-refractivity contribution in [2.24, 2.45) is 34.5 Å². The Morgan fingerprint density at radius 1 is 0.955 bits per heavy atom. The van der Waals surface area contributed by atoms with Crippen LogP contribution in [-0.2, 0) is 4.79 Å². The smallest absolute Gasteiger partial charge is 0.133 e. The molecule has 0 spiro atoms. The van der Waals surface area contributed by atoms with Gasteiger partial charge in [0.05, 0.1) is 5.60 Å². The van der Waals surface area contributed by atoms with Crippen molar-refractivity contribution in [1.29, 1.82) is 0 Å². The predicted molar refractivity (Wildman–Crippen MR) is 87.4 cm³/mol. The number of Topliss-reactive ketones (excluding diaryl/α,β-unsaturated/α-hetero) is 1. The molecule has 0 aliphatic heterocycles. The average molecular weight is 304 g/mol. The zero-order valence-electron chi connectivity index (χ0n) is 14.5. The van der Waals surface area contributed by atoms with E-state index in [0.717, 1.165) is 37.5 Å². The average Bonchev–Trinajstić information content (AvgIpc) is 2.70. The highest BCUT2D eigenvalue weighted by atomic mass is 16.3. The molecule has 124 valence electrons. The first-order valence-corrected chi connectivity index (χ1v) is 9.52. The van der Waals surface area contributed by atoms with Gasteiger partial charge in [0.25, 0.3) is 0 Å². The molecule has 1 N–H and O–H groups in total. The summed E-state index contributed by atoms with van der Waals surface area (Å²) in [6, 6.07) is 0. The maximum Gasteiger partial charge on any atom is 0.133 e. The van der Waals surface area contributed by atoms with E-state index in [0.29, 0.717) is 23.0 Å². The highest BCUT2D eigenvalue weighted by molar-refractivity contribution is 5.79. The molecule has 0 bridgehead atoms. The molecule has 4 saturated carbocycles. The molecule has 4 aliphatic carbocycles. The summed E-state index contributed by atoms with van der Waals surface area (Å²) in [6.07, 6.45) is 9.98. The molecule has 7 atom stereocenters. The Balaban J connectivity index is 1.65. The van der Waals surface area contributed by atoms with Crippen molar-refractivity contribution >= 4 is 5.78 Å². The van der Waals surface area contributed by atoms with E-state index in [2.05, 4.69) is 20.8 Å². The number of carbonyl (C=O) groups excluding carboxylic acids is 1. The first-order chi connectivity index (χ1) is 10.3. The molecule has 0 saturated heterocycles. The number of fused-ring (bicyclic) bond motifs is 5. The third-order valence-electron chi connectivity index (χ3n) is 9.04. The zero-order valence-corrected chi connectivity index (χ0v) is 14.5. The van der Waals surface area contributed by atoms with E-state index in [1.807, 2.05) is 0 Å². The van der Waals surface area contributed by atoms with Gasteiger partial charge in [-0.25, -0.2) is 0 Å². The number of carbonyl (C=O) groups is 1. The first-order valence-electron chi connectivity index (χ1n) is 9.52. The Bertz CT molecular complexity index is 496. The molecule has 0 aromatic carbocycles. The van der Waals surface area contributed by atoms with E-state index < -0.39 is 5.60 Å². The molecule has 0 aromatic rings. The van der Waals surface area contributed by atoms with Crippen LogP contribution in [0, 0.1) is 34.5 Å². The van der Waals surface area contributed by atoms with Gasteiger partial charge in [-0.2, -0.15) is 0 Å². The Morgan fingerprint density at radius 2 is 1.68 bits per heavy atom. The molecule has 3 unspecified atom stereocenters. The Morgan fingerprint density at radius 3 is 2.45 bits per heavy atom. The highest BCUT2D eigenvalue weighted by Crippen LogP contribution is 2.67. The second-order valence-corrected chi connectivity index (χ2v) is 9.67. The van der Waals surface area contributed by atoms with Crippen molar-refractivity contribution in [3.05, 3.63) is 0 Å². The van der Waals surface area contributed by atoms with Gasteiger partial charge >= 0.3 is 0 Å². The molecular formula is C20H32O2. The Kier molecular flexibility index (Phi) is 3.16. The summed E-state index contributed by atoms with van der Waals surface area (Å²) in [5.41, 5.74) is 0.0530. The van der Waals surface area contributed by atoms with Gasteiger partial charge in [-0.15, -0.1) is 0 Å². The number of hydrogen-bond acceptors (Lipinski definition) is 2. The molecule has 4 fully saturated rings. The molecule has 0 radical (unpaired) electrons. The van der Waals surface area contributed by atoms with Crippen LogP contribution in [0.1, 0.15) is 78.6 Å². The lowest BCUT2D eigenvalue weighted by Gasteiger charge is -2.60. The molecule has 22 heavy (non-hydrogen) atoms. The molecule has 0 aromatic heterocycles. The van der Waals surface area contributed by atoms with E-state index in [1.54, 1.807) is 0 Å². The minimum Gasteiger partial charge on any atom is -0.390 e. The van der Waals surface area contributed by atoms with Crippen molar-refractivity contribution < 1.29 is 9.90 Å². The first kappa shape index (κ1) is 15.2. The number of aliphatic hydroxyl groups is 1. The summed E-state index contributed by atoms with van der Waals surface area (Å²) >= 11 is 0. The van der Waals surface area contributed by atoms with E-state index in [-0.39, 0.29) is 5.41 Å². The topological polar surface area (TPSA) is 37.3 Å². The lowest BCUT2D eigenvalue weighted by atomic mass is 9.44.